The Morgan fingerprint density at radius 2 is 1.76 bits per heavy atom. The van der Waals surface area contributed by atoms with Crippen molar-refractivity contribution in [3.8, 4) is 11.5 Å². The van der Waals surface area contributed by atoms with E-state index in [0.717, 1.165) is 88.3 Å². The molecule has 5 rings (SSSR count). The molecule has 4 atom stereocenters. The van der Waals surface area contributed by atoms with Gasteiger partial charge in [0.05, 0.1) is 58.0 Å². The largest absolute Gasteiger partial charge is 0.497 e. The first-order valence-electron chi connectivity index (χ1n) is 15.1. The molecule has 9 heteroatoms. The van der Waals surface area contributed by atoms with Crippen molar-refractivity contribution in [3.05, 3.63) is 53.6 Å². The molecule has 0 unspecified atom stereocenters. The van der Waals surface area contributed by atoms with Gasteiger partial charge in [0.15, 0.2) is 0 Å². The summed E-state index contributed by atoms with van der Waals surface area (Å²) >= 11 is 0. The Balaban J connectivity index is 1.26. The molecule has 0 radical (unpaired) electrons. The van der Waals surface area contributed by atoms with Crippen molar-refractivity contribution in [2.75, 3.05) is 91.4 Å². The van der Waals surface area contributed by atoms with Crippen LogP contribution < -0.4 is 19.7 Å². The summed E-state index contributed by atoms with van der Waals surface area (Å²) in [5, 5.41) is 3.58. The molecular weight excluding hydrogens is 522 g/mol. The molecule has 0 saturated carbocycles. The number of morpholine rings is 1. The molecule has 1 N–H and O–H groups in total. The first-order chi connectivity index (χ1) is 20.2. The van der Waals surface area contributed by atoms with Gasteiger partial charge in [-0.1, -0.05) is 18.2 Å². The first-order valence-corrected chi connectivity index (χ1v) is 15.1. The minimum absolute atomic E-state index is 0.00620. The van der Waals surface area contributed by atoms with Gasteiger partial charge in [0.25, 0.3) is 0 Å². The van der Waals surface area contributed by atoms with E-state index in [1.165, 1.54) is 5.56 Å². The number of methoxy groups -OCH3 is 2. The molecule has 9 nitrogen and oxygen atoms in total. The van der Waals surface area contributed by atoms with Crippen LogP contribution in [-0.4, -0.2) is 110 Å². The van der Waals surface area contributed by atoms with E-state index in [0.29, 0.717) is 25.9 Å². The van der Waals surface area contributed by atoms with Gasteiger partial charge in [-0.15, -0.1) is 0 Å². The second kappa shape index (κ2) is 15.2. The van der Waals surface area contributed by atoms with Crippen molar-refractivity contribution in [2.24, 2.45) is 0 Å². The average Bonchev–Trinajstić information content (AvgIpc) is 3.01. The number of benzene rings is 2. The van der Waals surface area contributed by atoms with E-state index in [1.54, 1.807) is 14.2 Å². The van der Waals surface area contributed by atoms with Gasteiger partial charge < -0.3 is 38.6 Å². The Morgan fingerprint density at radius 1 is 0.927 bits per heavy atom. The molecule has 0 bridgehead atoms. The minimum Gasteiger partial charge on any atom is -0.497 e. The lowest BCUT2D eigenvalue weighted by atomic mass is 9.85. The predicted molar refractivity (Wildman–Crippen MR) is 159 cm³/mol. The van der Waals surface area contributed by atoms with Crippen LogP contribution in [0.5, 0.6) is 11.5 Å². The van der Waals surface area contributed by atoms with E-state index >= 15 is 0 Å². The highest BCUT2D eigenvalue weighted by Gasteiger charge is 2.36. The Bertz CT molecular complexity index is 1070. The molecule has 226 valence electrons. The SMILES string of the molecule is COCCCN1CCOc2ccc(CO[C@H]3CNC[C@@H](OCCN4CCOC[C@@H]4C)[C@@H]3c3ccc(OC)cc3)cc21. The van der Waals surface area contributed by atoms with Gasteiger partial charge in [-0.3, -0.25) is 4.90 Å². The summed E-state index contributed by atoms with van der Waals surface area (Å²) in [6, 6.07) is 15.2. The van der Waals surface area contributed by atoms with Gasteiger partial charge in [0, 0.05) is 58.4 Å². The van der Waals surface area contributed by atoms with Crippen molar-refractivity contribution in [1.29, 1.82) is 0 Å². The standard InChI is InChI=1S/C32H47N3O6/c1-24-22-38-16-12-34(24)13-17-40-30-20-33-21-31(32(30)26-6-8-27(37-3)9-7-26)41-23-25-5-10-29-28(19-25)35(14-18-39-29)11-4-15-36-2/h5-10,19,24,30-33H,4,11-18,20-23H2,1-3H3/t24-,30+,31-,32-/m0/s1. The number of piperidine rings is 1. The van der Waals surface area contributed by atoms with Crippen LogP contribution in [0.25, 0.3) is 0 Å². The zero-order valence-electron chi connectivity index (χ0n) is 24.9. The number of fused-ring (bicyclic) bond motifs is 1. The van der Waals surface area contributed by atoms with E-state index in [-0.39, 0.29) is 18.1 Å². The number of hydrogen-bond donors (Lipinski definition) is 1. The van der Waals surface area contributed by atoms with Crippen LogP contribution in [0.2, 0.25) is 0 Å². The average molecular weight is 570 g/mol. The second-order valence-electron chi connectivity index (χ2n) is 11.2. The maximum Gasteiger partial charge on any atom is 0.142 e. The maximum absolute atomic E-state index is 6.68. The molecule has 3 heterocycles. The van der Waals surface area contributed by atoms with Crippen LogP contribution in [0.1, 0.15) is 30.4 Å². The van der Waals surface area contributed by atoms with Crippen LogP contribution in [-0.2, 0) is 25.6 Å². The zero-order chi connectivity index (χ0) is 28.4. The predicted octanol–water partition coefficient (Wildman–Crippen LogP) is 3.31. The summed E-state index contributed by atoms with van der Waals surface area (Å²) in [6.45, 7) is 11.7. The van der Waals surface area contributed by atoms with Gasteiger partial charge in [0.1, 0.15) is 18.1 Å². The van der Waals surface area contributed by atoms with Gasteiger partial charge in [-0.2, -0.15) is 0 Å². The maximum atomic E-state index is 6.68. The van der Waals surface area contributed by atoms with Gasteiger partial charge >= 0.3 is 0 Å². The molecular formula is C32H47N3O6. The summed E-state index contributed by atoms with van der Waals surface area (Å²) < 4.78 is 35.5. The number of nitrogens with zero attached hydrogens (tertiary/aromatic N) is 2. The lowest BCUT2D eigenvalue weighted by molar-refractivity contribution is -0.0706. The fourth-order valence-corrected chi connectivity index (χ4v) is 6.10. The Hall–Kier alpha value is -2.40. The van der Waals surface area contributed by atoms with Crippen molar-refractivity contribution in [3.63, 3.8) is 0 Å². The minimum atomic E-state index is -0.0328. The monoisotopic (exact) mass is 569 g/mol. The summed E-state index contributed by atoms with van der Waals surface area (Å²) in [7, 11) is 3.45. The lowest BCUT2D eigenvalue weighted by Crippen LogP contribution is -2.51. The third-order valence-corrected chi connectivity index (χ3v) is 8.43. The Labute approximate surface area is 245 Å². The van der Waals surface area contributed by atoms with E-state index in [2.05, 4.69) is 52.4 Å². The highest BCUT2D eigenvalue weighted by Crippen LogP contribution is 2.35. The molecule has 2 aromatic carbocycles. The fourth-order valence-electron chi connectivity index (χ4n) is 6.10. The van der Waals surface area contributed by atoms with Crippen molar-refractivity contribution < 1.29 is 28.4 Å². The molecule has 3 aliphatic heterocycles. The Morgan fingerprint density at radius 3 is 2.54 bits per heavy atom. The van der Waals surface area contributed by atoms with E-state index < -0.39 is 0 Å². The third-order valence-electron chi connectivity index (χ3n) is 8.43. The molecule has 0 spiro atoms. The molecule has 0 amide bonds. The molecule has 3 aliphatic rings. The third kappa shape index (κ3) is 7.91. The molecule has 0 aromatic heterocycles. The lowest BCUT2D eigenvalue weighted by Gasteiger charge is -2.39. The zero-order valence-corrected chi connectivity index (χ0v) is 24.9. The smallest absolute Gasteiger partial charge is 0.142 e. The number of ether oxygens (including phenoxy) is 6. The second-order valence-corrected chi connectivity index (χ2v) is 11.2. The highest BCUT2D eigenvalue weighted by atomic mass is 16.5. The van der Waals surface area contributed by atoms with E-state index in [4.69, 9.17) is 28.4 Å². The van der Waals surface area contributed by atoms with E-state index in [9.17, 15) is 0 Å². The Kier molecular flexibility index (Phi) is 11.1. The van der Waals surface area contributed by atoms with Crippen molar-refractivity contribution >= 4 is 5.69 Å². The summed E-state index contributed by atoms with van der Waals surface area (Å²) in [6.07, 6.45) is 0.959. The van der Waals surface area contributed by atoms with Gasteiger partial charge in [-0.25, -0.2) is 0 Å². The van der Waals surface area contributed by atoms with Crippen LogP contribution in [0.15, 0.2) is 42.5 Å². The van der Waals surface area contributed by atoms with Crippen molar-refractivity contribution in [1.82, 2.24) is 10.2 Å². The van der Waals surface area contributed by atoms with Crippen LogP contribution in [0.3, 0.4) is 0 Å². The number of nitrogens with one attached hydrogen (secondary N) is 1. The van der Waals surface area contributed by atoms with Crippen molar-refractivity contribution in [2.45, 2.75) is 44.1 Å². The summed E-state index contributed by atoms with van der Waals surface area (Å²) in [5.41, 5.74) is 3.49. The molecule has 2 saturated heterocycles. The quantitative estimate of drug-likeness (QED) is 0.366. The molecule has 41 heavy (non-hydrogen) atoms. The van der Waals surface area contributed by atoms with Crippen LogP contribution >= 0.6 is 0 Å². The topological polar surface area (TPSA) is 73.9 Å². The summed E-state index contributed by atoms with van der Waals surface area (Å²) in [5.74, 6) is 1.90. The highest BCUT2D eigenvalue weighted by molar-refractivity contribution is 5.61. The van der Waals surface area contributed by atoms with Gasteiger partial charge in [0.2, 0.25) is 0 Å². The molecule has 2 aromatic rings. The van der Waals surface area contributed by atoms with Crippen LogP contribution in [0.4, 0.5) is 5.69 Å². The molecule has 2 fully saturated rings. The number of anilines is 1. The fraction of sp³-hybridized carbons (Fsp3) is 0.625. The van der Waals surface area contributed by atoms with E-state index in [1.807, 2.05) is 12.1 Å². The number of hydrogen-bond acceptors (Lipinski definition) is 9. The number of rotatable bonds is 13. The van der Waals surface area contributed by atoms with Gasteiger partial charge in [-0.05, 0) is 48.7 Å². The normalized spacial score (nSPS) is 25.0. The van der Waals surface area contributed by atoms with Crippen LogP contribution in [0, 0.1) is 0 Å². The first kappa shape index (κ1) is 30.1. The summed E-state index contributed by atoms with van der Waals surface area (Å²) in [4.78, 5) is 4.84. The molecule has 0 aliphatic carbocycles.